The van der Waals surface area contributed by atoms with Crippen molar-refractivity contribution < 1.29 is 9.59 Å². The van der Waals surface area contributed by atoms with Crippen LogP contribution in [0, 0.1) is 0 Å². The van der Waals surface area contributed by atoms with E-state index >= 15 is 0 Å². The first kappa shape index (κ1) is 18.9. The SMILES string of the molecule is O=C1CCC(C(=O)NC2CCCCC2)(c2cc3ccccc3[nH]2)N1c1ccccc1. The molecule has 5 heteroatoms. The average Bonchev–Trinajstić information content (AvgIpc) is 3.37. The Hall–Kier alpha value is -3.08. The maximum atomic E-state index is 13.9. The number of H-pyrrole nitrogens is 1. The van der Waals surface area contributed by atoms with Gasteiger partial charge in [0.15, 0.2) is 5.54 Å². The van der Waals surface area contributed by atoms with Gasteiger partial charge in [0.1, 0.15) is 0 Å². The Morgan fingerprint density at radius 2 is 1.73 bits per heavy atom. The van der Waals surface area contributed by atoms with Crippen LogP contribution < -0.4 is 10.2 Å². The van der Waals surface area contributed by atoms with Crippen molar-refractivity contribution in [1.82, 2.24) is 10.3 Å². The number of nitrogens with one attached hydrogen (secondary N) is 2. The van der Waals surface area contributed by atoms with Crippen molar-refractivity contribution in [2.75, 3.05) is 4.90 Å². The summed E-state index contributed by atoms with van der Waals surface area (Å²) < 4.78 is 0. The number of hydrogen-bond donors (Lipinski definition) is 2. The Balaban J connectivity index is 1.63. The fourth-order valence-electron chi connectivity index (χ4n) is 5.11. The van der Waals surface area contributed by atoms with Crippen molar-refractivity contribution >= 4 is 28.4 Å². The molecule has 1 aliphatic heterocycles. The summed E-state index contributed by atoms with van der Waals surface area (Å²) in [6, 6.07) is 19.8. The molecule has 2 fully saturated rings. The molecule has 1 aromatic heterocycles. The van der Waals surface area contributed by atoms with Gasteiger partial charge in [0.2, 0.25) is 5.91 Å². The summed E-state index contributed by atoms with van der Waals surface area (Å²) in [5.41, 5.74) is 1.46. The van der Waals surface area contributed by atoms with Crippen LogP contribution >= 0.6 is 0 Å². The third-order valence-electron chi connectivity index (χ3n) is 6.64. The molecule has 2 amide bonds. The quantitative estimate of drug-likeness (QED) is 0.669. The number of carbonyl (C=O) groups is 2. The second-order valence-electron chi connectivity index (χ2n) is 8.50. The number of aromatic nitrogens is 1. The van der Waals surface area contributed by atoms with Gasteiger partial charge in [-0.3, -0.25) is 14.5 Å². The third-order valence-corrected chi connectivity index (χ3v) is 6.64. The van der Waals surface area contributed by atoms with Crippen molar-refractivity contribution in [3.8, 4) is 0 Å². The number of para-hydroxylation sites is 2. The lowest BCUT2D eigenvalue weighted by molar-refractivity contribution is -0.129. The van der Waals surface area contributed by atoms with Crippen molar-refractivity contribution in [3.05, 3.63) is 66.4 Å². The molecule has 5 rings (SSSR count). The first-order valence-electron chi connectivity index (χ1n) is 11.0. The van der Waals surface area contributed by atoms with E-state index < -0.39 is 5.54 Å². The predicted octanol–water partition coefficient (Wildman–Crippen LogP) is 4.64. The van der Waals surface area contributed by atoms with Gasteiger partial charge >= 0.3 is 0 Å². The van der Waals surface area contributed by atoms with Crippen LogP contribution in [0.2, 0.25) is 0 Å². The smallest absolute Gasteiger partial charge is 0.252 e. The van der Waals surface area contributed by atoms with E-state index in [0.29, 0.717) is 12.8 Å². The van der Waals surface area contributed by atoms with Crippen LogP contribution in [0.25, 0.3) is 10.9 Å². The van der Waals surface area contributed by atoms with E-state index in [1.54, 1.807) is 4.90 Å². The molecule has 2 N–H and O–H groups in total. The summed E-state index contributed by atoms with van der Waals surface area (Å²) in [6.07, 6.45) is 6.35. The molecular weight excluding hydrogens is 374 g/mol. The van der Waals surface area contributed by atoms with E-state index in [9.17, 15) is 9.59 Å². The maximum absolute atomic E-state index is 13.9. The Bertz CT molecular complexity index is 1040. The number of nitrogens with zero attached hydrogens (tertiary/aromatic N) is 1. The molecule has 0 spiro atoms. The van der Waals surface area contributed by atoms with Gasteiger partial charge in [-0.25, -0.2) is 0 Å². The van der Waals surface area contributed by atoms with Crippen LogP contribution in [0.1, 0.15) is 50.6 Å². The van der Waals surface area contributed by atoms with Crippen molar-refractivity contribution in [3.63, 3.8) is 0 Å². The number of anilines is 1. The first-order valence-corrected chi connectivity index (χ1v) is 11.0. The average molecular weight is 402 g/mol. The van der Waals surface area contributed by atoms with Gasteiger partial charge in [0.25, 0.3) is 5.91 Å². The zero-order valence-electron chi connectivity index (χ0n) is 17.1. The lowest BCUT2D eigenvalue weighted by Crippen LogP contribution is -2.56. The number of aromatic amines is 1. The van der Waals surface area contributed by atoms with Gasteiger partial charge in [-0.1, -0.05) is 55.7 Å². The highest BCUT2D eigenvalue weighted by Crippen LogP contribution is 2.43. The molecule has 3 aromatic rings. The van der Waals surface area contributed by atoms with Crippen molar-refractivity contribution in [1.29, 1.82) is 0 Å². The lowest BCUT2D eigenvalue weighted by atomic mass is 9.88. The summed E-state index contributed by atoms with van der Waals surface area (Å²) in [4.78, 5) is 32.2. The molecule has 1 aliphatic carbocycles. The summed E-state index contributed by atoms with van der Waals surface area (Å²) in [5, 5.41) is 4.36. The van der Waals surface area contributed by atoms with Gasteiger partial charge < -0.3 is 10.3 Å². The molecule has 1 atom stereocenters. The molecular formula is C25H27N3O2. The van der Waals surface area contributed by atoms with Crippen LogP contribution in [-0.2, 0) is 15.1 Å². The zero-order chi connectivity index (χ0) is 20.6. The van der Waals surface area contributed by atoms with Crippen LogP contribution in [0.5, 0.6) is 0 Å². The lowest BCUT2D eigenvalue weighted by Gasteiger charge is -2.38. The summed E-state index contributed by atoms with van der Waals surface area (Å²) in [6.45, 7) is 0. The van der Waals surface area contributed by atoms with E-state index in [1.165, 1.54) is 6.42 Å². The van der Waals surface area contributed by atoms with E-state index in [4.69, 9.17) is 0 Å². The second-order valence-corrected chi connectivity index (χ2v) is 8.50. The fraction of sp³-hybridized carbons (Fsp3) is 0.360. The van der Waals surface area contributed by atoms with Gasteiger partial charge in [-0.2, -0.15) is 0 Å². The standard InChI is InChI=1S/C25H27N3O2/c29-23-15-16-25(28(23)20-12-5-2-6-13-20,24(30)26-19-10-3-1-4-11-19)22-17-18-9-7-8-14-21(18)27-22/h2,5-9,12-14,17,19,27H,1,3-4,10-11,15-16H2,(H,26,30). The maximum Gasteiger partial charge on any atom is 0.252 e. The molecule has 2 heterocycles. The molecule has 0 radical (unpaired) electrons. The first-order chi connectivity index (χ1) is 14.7. The Morgan fingerprint density at radius 1 is 1.00 bits per heavy atom. The number of fused-ring (bicyclic) bond motifs is 1. The number of carbonyl (C=O) groups excluding carboxylic acids is 2. The fourth-order valence-corrected chi connectivity index (χ4v) is 5.11. The van der Waals surface area contributed by atoms with Gasteiger partial charge in [0.05, 0.1) is 5.69 Å². The highest BCUT2D eigenvalue weighted by Gasteiger charge is 2.54. The van der Waals surface area contributed by atoms with Crippen LogP contribution in [0.4, 0.5) is 5.69 Å². The number of amides is 2. The van der Waals surface area contributed by atoms with Crippen LogP contribution in [0.3, 0.4) is 0 Å². The predicted molar refractivity (Wildman–Crippen MR) is 118 cm³/mol. The highest BCUT2D eigenvalue weighted by molar-refractivity contribution is 6.07. The minimum Gasteiger partial charge on any atom is -0.356 e. The van der Waals surface area contributed by atoms with Crippen molar-refractivity contribution in [2.24, 2.45) is 0 Å². The van der Waals surface area contributed by atoms with Crippen molar-refractivity contribution in [2.45, 2.75) is 56.5 Å². The third kappa shape index (κ3) is 3.09. The molecule has 154 valence electrons. The highest BCUT2D eigenvalue weighted by atomic mass is 16.2. The van der Waals surface area contributed by atoms with Gasteiger partial charge in [0, 0.05) is 23.7 Å². The molecule has 5 nitrogen and oxygen atoms in total. The van der Waals surface area contributed by atoms with Crippen LogP contribution in [0.15, 0.2) is 60.7 Å². The topological polar surface area (TPSA) is 65.2 Å². The Kier molecular flexibility index (Phi) is 4.81. The summed E-state index contributed by atoms with van der Waals surface area (Å²) in [7, 11) is 0. The monoisotopic (exact) mass is 401 g/mol. The number of benzene rings is 2. The Labute approximate surface area is 176 Å². The molecule has 0 bridgehead atoms. The van der Waals surface area contributed by atoms with Gasteiger partial charge in [-0.15, -0.1) is 0 Å². The summed E-state index contributed by atoms with van der Waals surface area (Å²) >= 11 is 0. The molecule has 2 aromatic carbocycles. The minimum atomic E-state index is -1.06. The molecule has 2 aliphatic rings. The van der Waals surface area contributed by atoms with Crippen LogP contribution in [-0.4, -0.2) is 22.8 Å². The largest absolute Gasteiger partial charge is 0.356 e. The normalized spacial score (nSPS) is 22.5. The van der Waals surface area contributed by atoms with E-state index in [1.807, 2.05) is 60.7 Å². The second kappa shape index (κ2) is 7.63. The number of rotatable bonds is 4. The molecule has 1 saturated heterocycles. The Morgan fingerprint density at radius 3 is 2.50 bits per heavy atom. The van der Waals surface area contributed by atoms with E-state index in [0.717, 1.165) is 48.0 Å². The van der Waals surface area contributed by atoms with Gasteiger partial charge in [-0.05, 0) is 48.9 Å². The minimum absolute atomic E-state index is 0.0151. The summed E-state index contributed by atoms with van der Waals surface area (Å²) in [5.74, 6) is -0.0886. The molecule has 1 unspecified atom stereocenters. The van der Waals surface area contributed by atoms with E-state index in [-0.39, 0.29) is 17.9 Å². The number of hydrogen-bond acceptors (Lipinski definition) is 2. The molecule has 30 heavy (non-hydrogen) atoms. The van der Waals surface area contributed by atoms with E-state index in [2.05, 4.69) is 10.3 Å². The zero-order valence-corrected chi connectivity index (χ0v) is 17.1. The molecule has 1 saturated carbocycles.